The van der Waals surface area contributed by atoms with Crippen LogP contribution in [0.3, 0.4) is 0 Å². The van der Waals surface area contributed by atoms with Crippen LogP contribution < -0.4 is 10.6 Å². The minimum Gasteiger partial charge on any atom is -0.370 e. The maximum absolute atomic E-state index is 5.76. The van der Waals surface area contributed by atoms with E-state index >= 15 is 0 Å². The molecule has 1 aliphatic heterocycles. The fourth-order valence-electron chi connectivity index (χ4n) is 2.84. The molecule has 1 unspecified atom stereocenters. The van der Waals surface area contributed by atoms with Gasteiger partial charge in [0.25, 0.3) is 0 Å². The Morgan fingerprint density at radius 3 is 2.68 bits per heavy atom. The van der Waals surface area contributed by atoms with E-state index in [4.69, 9.17) is 5.73 Å². The van der Waals surface area contributed by atoms with Crippen LogP contribution in [0, 0.1) is 13.8 Å². The van der Waals surface area contributed by atoms with Crippen LogP contribution in [0.4, 0.5) is 5.69 Å². The molecule has 1 atom stereocenters. The maximum Gasteiger partial charge on any atom is 0.0369 e. The van der Waals surface area contributed by atoms with E-state index in [-0.39, 0.29) is 0 Å². The van der Waals surface area contributed by atoms with Crippen LogP contribution in [0.5, 0.6) is 0 Å². The summed E-state index contributed by atoms with van der Waals surface area (Å²) in [6.45, 7) is 8.55. The van der Waals surface area contributed by atoms with Crippen molar-refractivity contribution in [3.05, 3.63) is 29.3 Å². The zero-order valence-electron chi connectivity index (χ0n) is 12.5. The lowest BCUT2D eigenvalue weighted by Gasteiger charge is -2.30. The molecule has 1 aromatic rings. The summed E-state index contributed by atoms with van der Waals surface area (Å²) in [7, 11) is 2.23. The first-order valence-corrected chi connectivity index (χ1v) is 7.34. The Hall–Kier alpha value is -1.06. The van der Waals surface area contributed by atoms with Crippen molar-refractivity contribution >= 4 is 5.69 Å². The topological polar surface area (TPSA) is 32.5 Å². The number of benzene rings is 1. The Balaban J connectivity index is 2.15. The van der Waals surface area contributed by atoms with Gasteiger partial charge in [0.15, 0.2) is 0 Å². The monoisotopic (exact) mass is 261 g/mol. The van der Waals surface area contributed by atoms with E-state index in [1.54, 1.807) is 0 Å². The molecule has 1 aliphatic rings. The molecule has 0 radical (unpaired) electrons. The first-order chi connectivity index (χ1) is 9.11. The van der Waals surface area contributed by atoms with Crippen molar-refractivity contribution in [3.8, 4) is 0 Å². The van der Waals surface area contributed by atoms with Crippen molar-refractivity contribution in [3.63, 3.8) is 0 Å². The fourth-order valence-corrected chi connectivity index (χ4v) is 2.84. The van der Waals surface area contributed by atoms with Crippen molar-refractivity contribution in [1.82, 2.24) is 4.90 Å². The molecule has 3 heteroatoms. The zero-order chi connectivity index (χ0) is 13.8. The smallest absolute Gasteiger partial charge is 0.0369 e. The van der Waals surface area contributed by atoms with Gasteiger partial charge < -0.3 is 15.5 Å². The number of rotatable bonds is 3. The van der Waals surface area contributed by atoms with Crippen molar-refractivity contribution < 1.29 is 0 Å². The summed E-state index contributed by atoms with van der Waals surface area (Å²) in [5, 5.41) is 0. The lowest BCUT2D eigenvalue weighted by Crippen LogP contribution is -2.40. The van der Waals surface area contributed by atoms with E-state index in [0.717, 1.165) is 26.1 Å². The molecule has 3 nitrogen and oxygen atoms in total. The summed E-state index contributed by atoms with van der Waals surface area (Å²) < 4.78 is 0. The van der Waals surface area contributed by atoms with E-state index in [2.05, 4.69) is 48.9 Å². The van der Waals surface area contributed by atoms with E-state index in [1.165, 1.54) is 29.8 Å². The van der Waals surface area contributed by atoms with Gasteiger partial charge in [-0.1, -0.05) is 6.07 Å². The average Bonchev–Trinajstić information content (AvgIpc) is 2.56. The number of hydrogen-bond acceptors (Lipinski definition) is 3. The highest BCUT2D eigenvalue weighted by atomic mass is 15.2. The molecule has 1 heterocycles. The van der Waals surface area contributed by atoms with Gasteiger partial charge in [0.1, 0.15) is 0 Å². The molecule has 0 aliphatic carbocycles. The largest absolute Gasteiger partial charge is 0.370 e. The quantitative estimate of drug-likeness (QED) is 0.905. The number of nitrogens with two attached hydrogens (primary N) is 1. The third-order valence-electron chi connectivity index (χ3n) is 4.35. The van der Waals surface area contributed by atoms with Gasteiger partial charge in [-0.25, -0.2) is 0 Å². The predicted molar refractivity (Wildman–Crippen MR) is 82.8 cm³/mol. The van der Waals surface area contributed by atoms with E-state index in [1.807, 2.05) is 0 Å². The number of hydrogen-bond donors (Lipinski definition) is 1. The lowest BCUT2D eigenvalue weighted by molar-refractivity contribution is 0.251. The molecule has 1 saturated heterocycles. The summed E-state index contributed by atoms with van der Waals surface area (Å²) in [5.41, 5.74) is 9.87. The maximum atomic E-state index is 5.76. The normalized spacial score (nSPS) is 21.5. The van der Waals surface area contributed by atoms with Gasteiger partial charge in [0.05, 0.1) is 0 Å². The molecule has 19 heavy (non-hydrogen) atoms. The van der Waals surface area contributed by atoms with Gasteiger partial charge in [-0.2, -0.15) is 0 Å². The van der Waals surface area contributed by atoms with Crippen LogP contribution in [0.15, 0.2) is 18.2 Å². The SMILES string of the molecule is Cc1ccc(N2CCCN(C)C(CCN)C2)cc1C. The fraction of sp³-hybridized carbons (Fsp3) is 0.625. The summed E-state index contributed by atoms with van der Waals surface area (Å²) in [4.78, 5) is 4.99. The Morgan fingerprint density at radius 1 is 1.21 bits per heavy atom. The predicted octanol–water partition coefficient (Wildman–Crippen LogP) is 2.16. The van der Waals surface area contributed by atoms with Gasteiger partial charge in [-0.05, 0) is 70.1 Å². The average molecular weight is 261 g/mol. The zero-order valence-corrected chi connectivity index (χ0v) is 12.5. The van der Waals surface area contributed by atoms with Gasteiger partial charge in [0, 0.05) is 24.8 Å². The molecule has 0 spiro atoms. The number of likely N-dealkylation sites (N-methyl/N-ethyl adjacent to an activating group) is 1. The lowest BCUT2D eigenvalue weighted by atomic mass is 10.1. The highest BCUT2D eigenvalue weighted by molar-refractivity contribution is 5.51. The third-order valence-corrected chi connectivity index (χ3v) is 4.35. The third kappa shape index (κ3) is 3.48. The molecule has 0 amide bonds. The Kier molecular flexibility index (Phi) is 4.83. The number of nitrogens with zero attached hydrogens (tertiary/aromatic N) is 2. The van der Waals surface area contributed by atoms with Crippen LogP contribution >= 0.6 is 0 Å². The minimum atomic E-state index is 0.578. The van der Waals surface area contributed by atoms with Crippen LogP contribution in [0.1, 0.15) is 24.0 Å². The van der Waals surface area contributed by atoms with Crippen molar-refractivity contribution in [2.75, 3.05) is 38.1 Å². The van der Waals surface area contributed by atoms with Crippen molar-refractivity contribution in [2.45, 2.75) is 32.7 Å². The van der Waals surface area contributed by atoms with Gasteiger partial charge >= 0.3 is 0 Å². The van der Waals surface area contributed by atoms with Crippen LogP contribution in [-0.2, 0) is 0 Å². The molecule has 2 N–H and O–H groups in total. The first-order valence-electron chi connectivity index (χ1n) is 7.34. The van der Waals surface area contributed by atoms with Gasteiger partial charge in [0.2, 0.25) is 0 Å². The van der Waals surface area contributed by atoms with Gasteiger partial charge in [-0.3, -0.25) is 0 Å². The van der Waals surface area contributed by atoms with Crippen molar-refractivity contribution in [2.24, 2.45) is 5.73 Å². The van der Waals surface area contributed by atoms with Gasteiger partial charge in [-0.15, -0.1) is 0 Å². The number of anilines is 1. The molecular weight excluding hydrogens is 234 g/mol. The van der Waals surface area contributed by atoms with E-state index in [0.29, 0.717) is 6.04 Å². The van der Waals surface area contributed by atoms with Crippen LogP contribution in [-0.4, -0.2) is 44.2 Å². The highest BCUT2D eigenvalue weighted by Gasteiger charge is 2.21. The summed E-state index contributed by atoms with van der Waals surface area (Å²) >= 11 is 0. The molecule has 2 rings (SSSR count). The number of aryl methyl sites for hydroxylation is 2. The molecule has 0 bridgehead atoms. The van der Waals surface area contributed by atoms with E-state index < -0.39 is 0 Å². The van der Waals surface area contributed by atoms with E-state index in [9.17, 15) is 0 Å². The highest BCUT2D eigenvalue weighted by Crippen LogP contribution is 2.22. The van der Waals surface area contributed by atoms with Crippen LogP contribution in [0.2, 0.25) is 0 Å². The second kappa shape index (κ2) is 6.40. The second-order valence-corrected chi connectivity index (χ2v) is 5.78. The second-order valence-electron chi connectivity index (χ2n) is 5.78. The Morgan fingerprint density at radius 2 is 2.00 bits per heavy atom. The molecule has 0 aromatic heterocycles. The molecule has 106 valence electrons. The molecular formula is C16H27N3. The molecule has 1 fully saturated rings. The minimum absolute atomic E-state index is 0.578. The first kappa shape index (κ1) is 14.4. The summed E-state index contributed by atoms with van der Waals surface area (Å²) in [6.07, 6.45) is 2.31. The Labute approximate surface area is 117 Å². The molecule has 0 saturated carbocycles. The summed E-state index contributed by atoms with van der Waals surface area (Å²) in [6, 6.07) is 7.39. The van der Waals surface area contributed by atoms with Crippen molar-refractivity contribution in [1.29, 1.82) is 0 Å². The van der Waals surface area contributed by atoms with Crippen LogP contribution in [0.25, 0.3) is 0 Å². The summed E-state index contributed by atoms with van der Waals surface area (Å²) in [5.74, 6) is 0. The standard InChI is InChI=1S/C16H27N3/c1-13-5-6-15(11-14(13)2)19-10-4-9-18(3)16(12-19)7-8-17/h5-6,11,16H,4,7-10,12,17H2,1-3H3. The Bertz CT molecular complexity index is 416. The molecule has 1 aromatic carbocycles.